The Morgan fingerprint density at radius 2 is 1.71 bits per heavy atom. The Hall–Kier alpha value is -1.17. The van der Waals surface area contributed by atoms with Crippen molar-refractivity contribution in [1.29, 1.82) is 0 Å². The molecule has 0 amide bonds. The van der Waals surface area contributed by atoms with Crippen molar-refractivity contribution in [2.24, 2.45) is 0 Å². The van der Waals surface area contributed by atoms with E-state index >= 15 is 0 Å². The van der Waals surface area contributed by atoms with E-state index in [2.05, 4.69) is 5.32 Å². The molecule has 1 N–H and O–H groups in total. The quantitative estimate of drug-likeness (QED) is 0.754. The molecule has 1 aromatic rings. The summed E-state index contributed by atoms with van der Waals surface area (Å²) in [4.78, 5) is 0. The fraction of sp³-hybridized carbons (Fsp3) is 0.455. The van der Waals surface area contributed by atoms with Gasteiger partial charge in [-0.25, -0.2) is 8.78 Å². The molecule has 0 saturated carbocycles. The highest BCUT2D eigenvalue weighted by molar-refractivity contribution is 5.27. The van der Waals surface area contributed by atoms with Crippen molar-refractivity contribution in [3.63, 3.8) is 0 Å². The number of rotatable bonds is 1. The van der Waals surface area contributed by atoms with E-state index in [1.54, 1.807) is 0 Å². The molecule has 1 aliphatic rings. The molecule has 1 atom stereocenters. The lowest BCUT2D eigenvalue weighted by molar-refractivity contribution is -0.137. The van der Waals surface area contributed by atoms with E-state index in [1.165, 1.54) is 12.1 Å². The molecule has 0 aromatic heterocycles. The Morgan fingerprint density at radius 1 is 1.12 bits per heavy atom. The van der Waals surface area contributed by atoms with Crippen LogP contribution in [0, 0.1) is 0 Å². The van der Waals surface area contributed by atoms with E-state index in [0.29, 0.717) is 5.56 Å². The van der Waals surface area contributed by atoms with Crippen LogP contribution >= 0.6 is 0 Å². The summed E-state index contributed by atoms with van der Waals surface area (Å²) in [7, 11) is 0. The van der Waals surface area contributed by atoms with Crippen LogP contribution in [-0.4, -0.2) is 12.5 Å². The van der Waals surface area contributed by atoms with Gasteiger partial charge >= 0.3 is 6.18 Å². The second-order valence-electron chi connectivity index (χ2n) is 4.11. The van der Waals surface area contributed by atoms with Gasteiger partial charge < -0.3 is 5.32 Å². The van der Waals surface area contributed by atoms with Crippen LogP contribution in [0.25, 0.3) is 0 Å². The summed E-state index contributed by atoms with van der Waals surface area (Å²) in [5, 5.41) is 2.59. The summed E-state index contributed by atoms with van der Waals surface area (Å²) < 4.78 is 62.7. The molecular weight excluding hydrogens is 241 g/mol. The molecule has 1 nitrogen and oxygen atoms in total. The van der Waals surface area contributed by atoms with Gasteiger partial charge in [-0.15, -0.1) is 0 Å². The van der Waals surface area contributed by atoms with Crippen molar-refractivity contribution in [3.8, 4) is 0 Å². The van der Waals surface area contributed by atoms with Gasteiger partial charge in [-0.1, -0.05) is 12.1 Å². The maximum absolute atomic E-state index is 12.9. The molecule has 0 unspecified atom stereocenters. The van der Waals surface area contributed by atoms with Crippen molar-refractivity contribution in [2.75, 3.05) is 6.54 Å². The molecule has 1 fully saturated rings. The molecular formula is C11H10F5N. The summed E-state index contributed by atoms with van der Waals surface area (Å²) in [6.45, 7) is -0.432. The summed E-state index contributed by atoms with van der Waals surface area (Å²) >= 11 is 0. The van der Waals surface area contributed by atoms with Crippen molar-refractivity contribution >= 4 is 0 Å². The molecule has 1 aliphatic heterocycles. The van der Waals surface area contributed by atoms with Crippen LogP contribution in [0.4, 0.5) is 22.0 Å². The van der Waals surface area contributed by atoms with Crippen molar-refractivity contribution in [1.82, 2.24) is 5.32 Å². The third kappa shape index (κ3) is 2.74. The van der Waals surface area contributed by atoms with Crippen LogP contribution in [-0.2, 0) is 6.18 Å². The van der Waals surface area contributed by atoms with Gasteiger partial charge in [0.05, 0.1) is 12.1 Å². The minimum absolute atomic E-state index is 0.377. The third-order valence-electron chi connectivity index (χ3n) is 2.75. The van der Waals surface area contributed by atoms with Crippen LogP contribution in [0.3, 0.4) is 0 Å². The minimum atomic E-state index is -4.40. The average Bonchev–Trinajstić information content (AvgIpc) is 2.58. The maximum Gasteiger partial charge on any atom is 0.416 e. The van der Waals surface area contributed by atoms with Crippen LogP contribution in [0.1, 0.15) is 23.6 Å². The first-order chi connectivity index (χ1) is 7.78. The first kappa shape index (κ1) is 12.3. The van der Waals surface area contributed by atoms with E-state index in [9.17, 15) is 22.0 Å². The number of nitrogens with one attached hydrogen (secondary N) is 1. The number of hydrogen-bond donors (Lipinski definition) is 1. The monoisotopic (exact) mass is 251 g/mol. The van der Waals surface area contributed by atoms with E-state index in [0.717, 1.165) is 12.1 Å². The summed E-state index contributed by atoms with van der Waals surface area (Å²) in [6.07, 6.45) is -4.77. The molecule has 1 aromatic carbocycles. The zero-order chi connectivity index (χ0) is 12.7. The normalized spacial score (nSPS) is 23.9. The lowest BCUT2D eigenvalue weighted by Gasteiger charge is -2.12. The van der Waals surface area contributed by atoms with E-state index in [-0.39, 0.29) is 6.42 Å². The standard InChI is InChI=1S/C11H10F5N/c12-10(13)5-9(17-6-10)7-1-3-8(4-2-7)11(14,15)16/h1-4,9,17H,5-6H2/t9-/m1/s1. The van der Waals surface area contributed by atoms with Gasteiger partial charge in [-0.05, 0) is 17.7 Å². The van der Waals surface area contributed by atoms with E-state index in [1.807, 2.05) is 0 Å². The van der Waals surface area contributed by atoms with Gasteiger partial charge in [-0.3, -0.25) is 0 Å². The molecule has 6 heteroatoms. The smallest absolute Gasteiger partial charge is 0.304 e. The molecule has 1 heterocycles. The largest absolute Gasteiger partial charge is 0.416 e. The van der Waals surface area contributed by atoms with Crippen molar-refractivity contribution < 1.29 is 22.0 Å². The van der Waals surface area contributed by atoms with Crippen LogP contribution in [0.2, 0.25) is 0 Å². The Labute approximate surface area is 94.6 Å². The average molecular weight is 251 g/mol. The predicted molar refractivity (Wildman–Crippen MR) is 51.8 cm³/mol. The van der Waals surface area contributed by atoms with Gasteiger partial charge in [-0.2, -0.15) is 13.2 Å². The number of benzene rings is 1. The van der Waals surface area contributed by atoms with Crippen LogP contribution in [0.5, 0.6) is 0 Å². The lowest BCUT2D eigenvalue weighted by Crippen LogP contribution is -2.19. The molecule has 0 bridgehead atoms. The summed E-state index contributed by atoms with van der Waals surface area (Å²) in [6, 6.07) is 3.72. The highest BCUT2D eigenvalue weighted by Crippen LogP contribution is 2.35. The van der Waals surface area contributed by atoms with Gasteiger partial charge in [0.15, 0.2) is 0 Å². The number of halogens is 5. The highest BCUT2D eigenvalue weighted by atomic mass is 19.4. The number of alkyl halides is 5. The predicted octanol–water partition coefficient (Wildman–Crippen LogP) is 3.38. The highest BCUT2D eigenvalue weighted by Gasteiger charge is 2.40. The SMILES string of the molecule is FC1(F)CN[C@@H](c2ccc(C(F)(F)F)cc2)C1. The topological polar surface area (TPSA) is 12.0 Å². The Bertz CT molecular complexity index is 395. The zero-order valence-corrected chi connectivity index (χ0v) is 8.69. The summed E-state index contributed by atoms with van der Waals surface area (Å²) in [5.41, 5.74) is -0.318. The summed E-state index contributed by atoms with van der Waals surface area (Å²) in [5.74, 6) is -2.78. The fourth-order valence-electron chi connectivity index (χ4n) is 1.86. The molecule has 0 aliphatic carbocycles. The third-order valence-corrected chi connectivity index (χ3v) is 2.75. The first-order valence-corrected chi connectivity index (χ1v) is 5.06. The van der Waals surface area contributed by atoms with Crippen LogP contribution < -0.4 is 5.32 Å². The van der Waals surface area contributed by atoms with Gasteiger partial charge in [0, 0.05) is 12.5 Å². The molecule has 17 heavy (non-hydrogen) atoms. The molecule has 0 spiro atoms. The first-order valence-electron chi connectivity index (χ1n) is 5.06. The second-order valence-corrected chi connectivity index (χ2v) is 4.11. The van der Waals surface area contributed by atoms with Crippen molar-refractivity contribution in [3.05, 3.63) is 35.4 Å². The fourth-order valence-corrected chi connectivity index (χ4v) is 1.86. The Kier molecular flexibility index (Phi) is 2.85. The number of hydrogen-bond acceptors (Lipinski definition) is 1. The van der Waals surface area contributed by atoms with Gasteiger partial charge in [0.25, 0.3) is 5.92 Å². The maximum atomic E-state index is 12.9. The van der Waals surface area contributed by atoms with Gasteiger partial charge in [0.2, 0.25) is 0 Å². The lowest BCUT2D eigenvalue weighted by atomic mass is 10.0. The molecule has 1 saturated heterocycles. The molecule has 94 valence electrons. The Balaban J connectivity index is 2.14. The van der Waals surface area contributed by atoms with E-state index < -0.39 is 30.2 Å². The van der Waals surface area contributed by atoms with Crippen molar-refractivity contribution in [2.45, 2.75) is 24.6 Å². The Morgan fingerprint density at radius 3 is 2.12 bits per heavy atom. The second kappa shape index (κ2) is 3.94. The van der Waals surface area contributed by atoms with E-state index in [4.69, 9.17) is 0 Å². The molecule has 0 radical (unpaired) electrons. The zero-order valence-electron chi connectivity index (χ0n) is 8.69. The van der Waals surface area contributed by atoms with Crippen LogP contribution in [0.15, 0.2) is 24.3 Å². The van der Waals surface area contributed by atoms with Gasteiger partial charge in [0.1, 0.15) is 0 Å². The molecule has 2 rings (SSSR count). The minimum Gasteiger partial charge on any atom is -0.304 e.